The van der Waals surface area contributed by atoms with E-state index in [-0.39, 0.29) is 11.4 Å². The van der Waals surface area contributed by atoms with Gasteiger partial charge in [0.1, 0.15) is 11.6 Å². The van der Waals surface area contributed by atoms with E-state index in [1.807, 2.05) is 6.07 Å². The zero-order valence-corrected chi connectivity index (χ0v) is 13.2. The summed E-state index contributed by atoms with van der Waals surface area (Å²) in [5, 5.41) is 3.35. The topological polar surface area (TPSA) is 30.5 Å². The summed E-state index contributed by atoms with van der Waals surface area (Å²) in [5.41, 5.74) is 0.907. The fraction of sp³-hybridized carbons (Fsp3) is 0.647. The molecule has 1 aliphatic rings. The zero-order chi connectivity index (χ0) is 15.3. The molecule has 0 bridgehead atoms. The molecule has 1 aliphatic heterocycles. The van der Waals surface area contributed by atoms with Gasteiger partial charge >= 0.3 is 0 Å². The van der Waals surface area contributed by atoms with Crippen LogP contribution < -0.4 is 10.1 Å². The molecule has 21 heavy (non-hydrogen) atoms. The number of rotatable bonds is 6. The Morgan fingerprint density at radius 2 is 2.14 bits per heavy atom. The normalized spacial score (nSPS) is 19.0. The van der Waals surface area contributed by atoms with Crippen LogP contribution in [0.15, 0.2) is 18.2 Å². The maximum Gasteiger partial charge on any atom is 0.127 e. The van der Waals surface area contributed by atoms with Crippen molar-refractivity contribution in [3.05, 3.63) is 29.6 Å². The van der Waals surface area contributed by atoms with E-state index in [0.29, 0.717) is 25.0 Å². The first-order chi connectivity index (χ1) is 9.92. The first-order valence-electron chi connectivity index (χ1n) is 7.71. The number of ether oxygens (including phenoxy) is 2. The van der Waals surface area contributed by atoms with Gasteiger partial charge in [0.2, 0.25) is 0 Å². The van der Waals surface area contributed by atoms with Crippen molar-refractivity contribution in [2.45, 2.75) is 58.2 Å². The van der Waals surface area contributed by atoms with Crippen LogP contribution in [0.4, 0.5) is 4.39 Å². The van der Waals surface area contributed by atoms with E-state index < -0.39 is 0 Å². The second-order valence-electron chi connectivity index (χ2n) is 6.67. The smallest absolute Gasteiger partial charge is 0.127 e. The molecule has 0 saturated carbocycles. The van der Waals surface area contributed by atoms with Gasteiger partial charge in [-0.25, -0.2) is 4.39 Å². The summed E-state index contributed by atoms with van der Waals surface area (Å²) < 4.78 is 24.9. The molecule has 2 rings (SSSR count). The molecule has 1 atom stereocenters. The number of hydrogen-bond acceptors (Lipinski definition) is 3. The van der Waals surface area contributed by atoms with Gasteiger partial charge in [-0.2, -0.15) is 0 Å². The van der Waals surface area contributed by atoms with Gasteiger partial charge in [0, 0.05) is 31.2 Å². The molecule has 1 aromatic rings. The molecule has 1 saturated heterocycles. The van der Waals surface area contributed by atoms with Gasteiger partial charge in [-0.15, -0.1) is 0 Å². The van der Waals surface area contributed by atoms with E-state index in [0.717, 1.165) is 31.4 Å². The van der Waals surface area contributed by atoms with Crippen molar-refractivity contribution in [3.63, 3.8) is 0 Å². The molecule has 0 radical (unpaired) electrons. The van der Waals surface area contributed by atoms with E-state index in [1.165, 1.54) is 6.07 Å². The molecule has 0 aliphatic carbocycles. The predicted octanol–water partition coefficient (Wildman–Crippen LogP) is 3.66. The Morgan fingerprint density at radius 1 is 1.33 bits per heavy atom. The molecule has 0 aromatic heterocycles. The third-order valence-corrected chi connectivity index (χ3v) is 3.49. The van der Waals surface area contributed by atoms with Crippen molar-refractivity contribution < 1.29 is 13.9 Å². The largest absolute Gasteiger partial charge is 0.493 e. The standard InChI is InChI=1S/C17H26FNO2/c1-17(2,3)19-12-13-9-14(18)11-16(10-13)21-8-6-15-5-4-7-20-15/h9-11,15,19H,4-8,12H2,1-3H3. The number of hydrogen-bond donors (Lipinski definition) is 1. The van der Waals surface area contributed by atoms with Crippen molar-refractivity contribution in [3.8, 4) is 5.75 Å². The zero-order valence-electron chi connectivity index (χ0n) is 13.2. The second-order valence-corrected chi connectivity index (χ2v) is 6.67. The van der Waals surface area contributed by atoms with Crippen molar-refractivity contribution in [2.24, 2.45) is 0 Å². The highest BCUT2D eigenvalue weighted by Gasteiger charge is 2.15. The van der Waals surface area contributed by atoms with E-state index in [4.69, 9.17) is 9.47 Å². The van der Waals surface area contributed by atoms with E-state index in [1.54, 1.807) is 6.07 Å². The third kappa shape index (κ3) is 6.02. The quantitative estimate of drug-likeness (QED) is 0.868. The molecule has 3 nitrogen and oxygen atoms in total. The number of nitrogens with one attached hydrogen (secondary N) is 1. The lowest BCUT2D eigenvalue weighted by Crippen LogP contribution is -2.35. The molecule has 1 fully saturated rings. The summed E-state index contributed by atoms with van der Waals surface area (Å²) in [6, 6.07) is 4.89. The van der Waals surface area contributed by atoms with Gasteiger partial charge in [-0.05, 0) is 51.3 Å². The molecule has 0 spiro atoms. The van der Waals surface area contributed by atoms with E-state index in [9.17, 15) is 4.39 Å². The van der Waals surface area contributed by atoms with Crippen LogP contribution in [-0.4, -0.2) is 24.9 Å². The fourth-order valence-corrected chi connectivity index (χ4v) is 2.35. The average Bonchev–Trinajstić information content (AvgIpc) is 2.88. The Kier molecular flexibility index (Phi) is 5.59. The summed E-state index contributed by atoms with van der Waals surface area (Å²) in [7, 11) is 0. The lowest BCUT2D eigenvalue weighted by Gasteiger charge is -2.21. The Labute approximate surface area is 126 Å². The van der Waals surface area contributed by atoms with Gasteiger partial charge in [0.25, 0.3) is 0 Å². The van der Waals surface area contributed by atoms with Gasteiger partial charge < -0.3 is 14.8 Å². The second kappa shape index (κ2) is 7.23. The predicted molar refractivity (Wildman–Crippen MR) is 82.1 cm³/mol. The molecule has 118 valence electrons. The Hall–Kier alpha value is -1.13. The first-order valence-corrected chi connectivity index (χ1v) is 7.71. The van der Waals surface area contributed by atoms with Crippen LogP contribution in [0, 0.1) is 5.82 Å². The van der Waals surface area contributed by atoms with Crippen LogP contribution in [0.25, 0.3) is 0 Å². The Morgan fingerprint density at radius 3 is 2.81 bits per heavy atom. The van der Waals surface area contributed by atoms with Crippen LogP contribution in [0.5, 0.6) is 5.75 Å². The number of halogens is 1. The molecule has 4 heteroatoms. The molecule has 1 unspecified atom stereocenters. The fourth-order valence-electron chi connectivity index (χ4n) is 2.35. The molecule has 1 aromatic carbocycles. The van der Waals surface area contributed by atoms with Crippen LogP contribution in [0.2, 0.25) is 0 Å². The maximum atomic E-state index is 13.6. The minimum absolute atomic E-state index is 0.00709. The molecule has 0 amide bonds. The van der Waals surface area contributed by atoms with E-state index in [2.05, 4.69) is 26.1 Å². The minimum atomic E-state index is -0.254. The SMILES string of the molecule is CC(C)(C)NCc1cc(F)cc(OCCC2CCCO2)c1. The summed E-state index contributed by atoms with van der Waals surface area (Å²) in [6.45, 7) is 8.32. The highest BCUT2D eigenvalue weighted by atomic mass is 19.1. The maximum absolute atomic E-state index is 13.6. The first kappa shape index (κ1) is 16.2. The highest BCUT2D eigenvalue weighted by molar-refractivity contribution is 5.29. The Bertz CT molecular complexity index is 451. The van der Waals surface area contributed by atoms with Gasteiger partial charge in [-0.3, -0.25) is 0 Å². The molecular formula is C17H26FNO2. The minimum Gasteiger partial charge on any atom is -0.493 e. The number of benzene rings is 1. The van der Waals surface area contributed by atoms with Crippen molar-refractivity contribution in [1.82, 2.24) is 5.32 Å². The van der Waals surface area contributed by atoms with Crippen LogP contribution in [0.1, 0.15) is 45.6 Å². The third-order valence-electron chi connectivity index (χ3n) is 3.49. The van der Waals surface area contributed by atoms with Crippen molar-refractivity contribution in [2.75, 3.05) is 13.2 Å². The lowest BCUT2D eigenvalue weighted by atomic mass is 10.1. The van der Waals surface area contributed by atoms with Crippen molar-refractivity contribution in [1.29, 1.82) is 0 Å². The average molecular weight is 295 g/mol. The molecule has 1 heterocycles. The van der Waals surface area contributed by atoms with Crippen molar-refractivity contribution >= 4 is 0 Å². The summed E-state index contributed by atoms with van der Waals surface area (Å²) in [4.78, 5) is 0. The van der Waals surface area contributed by atoms with Crippen LogP contribution in [-0.2, 0) is 11.3 Å². The lowest BCUT2D eigenvalue weighted by molar-refractivity contribution is 0.0903. The summed E-state index contributed by atoms with van der Waals surface area (Å²) in [6.07, 6.45) is 3.41. The Balaban J connectivity index is 1.85. The van der Waals surface area contributed by atoms with E-state index >= 15 is 0 Å². The monoisotopic (exact) mass is 295 g/mol. The summed E-state index contributed by atoms with van der Waals surface area (Å²) in [5.74, 6) is 0.342. The van der Waals surface area contributed by atoms with Gasteiger partial charge in [0.05, 0.1) is 12.7 Å². The van der Waals surface area contributed by atoms with Gasteiger partial charge in [-0.1, -0.05) is 0 Å². The highest BCUT2D eigenvalue weighted by Crippen LogP contribution is 2.19. The van der Waals surface area contributed by atoms with Crippen LogP contribution in [0.3, 0.4) is 0 Å². The van der Waals surface area contributed by atoms with Gasteiger partial charge in [0.15, 0.2) is 0 Å². The van der Waals surface area contributed by atoms with Crippen LogP contribution >= 0.6 is 0 Å². The summed E-state index contributed by atoms with van der Waals surface area (Å²) >= 11 is 0. The molecular weight excluding hydrogens is 269 g/mol. The molecule has 1 N–H and O–H groups in total.